The molecule has 0 bridgehead atoms. The molecule has 1 unspecified atom stereocenters. The standard InChI is InChI=1S/C18H29N5O2/c1-14(2)18(25)22-7-4-6-21(9-10-22)16-11-17(20-13-19-16)23-8-3-5-15(23)12-24/h11,13-15,24H,3-10,12H2,1-2H3. The Balaban J connectivity index is 1.70. The molecule has 1 N–H and O–H groups in total. The lowest BCUT2D eigenvalue weighted by atomic mass is 10.2. The molecule has 3 heterocycles. The van der Waals surface area contributed by atoms with E-state index < -0.39 is 0 Å². The average molecular weight is 347 g/mol. The van der Waals surface area contributed by atoms with Crippen molar-refractivity contribution in [3.05, 3.63) is 12.4 Å². The Labute approximate surface area is 149 Å². The number of anilines is 2. The zero-order valence-electron chi connectivity index (χ0n) is 15.3. The molecule has 2 fully saturated rings. The van der Waals surface area contributed by atoms with Crippen LogP contribution in [-0.2, 0) is 4.79 Å². The number of rotatable bonds is 4. The topological polar surface area (TPSA) is 72.8 Å². The van der Waals surface area contributed by atoms with Crippen LogP contribution in [0.3, 0.4) is 0 Å². The van der Waals surface area contributed by atoms with Crippen molar-refractivity contribution >= 4 is 17.5 Å². The van der Waals surface area contributed by atoms with Crippen LogP contribution in [0.1, 0.15) is 33.1 Å². The molecule has 1 amide bonds. The van der Waals surface area contributed by atoms with Gasteiger partial charge in [-0.2, -0.15) is 0 Å². The Morgan fingerprint density at radius 2 is 1.96 bits per heavy atom. The molecule has 1 aromatic rings. The normalized spacial score (nSPS) is 21.8. The third kappa shape index (κ3) is 4.03. The summed E-state index contributed by atoms with van der Waals surface area (Å²) in [5.74, 6) is 2.07. The van der Waals surface area contributed by atoms with E-state index in [-0.39, 0.29) is 24.5 Å². The maximum atomic E-state index is 12.2. The van der Waals surface area contributed by atoms with Gasteiger partial charge in [0.25, 0.3) is 0 Å². The van der Waals surface area contributed by atoms with E-state index in [0.29, 0.717) is 0 Å². The van der Waals surface area contributed by atoms with Crippen molar-refractivity contribution in [2.75, 3.05) is 49.1 Å². The molecule has 7 nitrogen and oxygen atoms in total. The van der Waals surface area contributed by atoms with Crippen LogP contribution >= 0.6 is 0 Å². The minimum Gasteiger partial charge on any atom is -0.394 e. The number of carbonyl (C=O) groups excluding carboxylic acids is 1. The highest BCUT2D eigenvalue weighted by Crippen LogP contribution is 2.26. The van der Waals surface area contributed by atoms with Gasteiger partial charge in [-0.25, -0.2) is 9.97 Å². The lowest BCUT2D eigenvalue weighted by molar-refractivity contribution is -0.134. The van der Waals surface area contributed by atoms with Gasteiger partial charge in [0.2, 0.25) is 5.91 Å². The van der Waals surface area contributed by atoms with Gasteiger partial charge in [-0.1, -0.05) is 13.8 Å². The van der Waals surface area contributed by atoms with Crippen molar-refractivity contribution in [2.24, 2.45) is 5.92 Å². The third-order valence-electron chi connectivity index (χ3n) is 5.15. The average Bonchev–Trinajstić information content (AvgIpc) is 2.97. The Kier molecular flexibility index (Phi) is 5.73. The summed E-state index contributed by atoms with van der Waals surface area (Å²) < 4.78 is 0. The summed E-state index contributed by atoms with van der Waals surface area (Å²) in [5, 5.41) is 9.55. The molecule has 2 aliphatic rings. The van der Waals surface area contributed by atoms with E-state index in [1.165, 1.54) is 0 Å². The Morgan fingerprint density at radius 3 is 2.72 bits per heavy atom. The van der Waals surface area contributed by atoms with Crippen LogP contribution < -0.4 is 9.80 Å². The molecule has 0 radical (unpaired) electrons. The van der Waals surface area contributed by atoms with Crippen molar-refractivity contribution < 1.29 is 9.90 Å². The van der Waals surface area contributed by atoms with Gasteiger partial charge in [0.05, 0.1) is 12.6 Å². The van der Waals surface area contributed by atoms with Crippen molar-refractivity contribution in [1.82, 2.24) is 14.9 Å². The smallest absolute Gasteiger partial charge is 0.225 e. The lowest BCUT2D eigenvalue weighted by Gasteiger charge is -2.27. The summed E-state index contributed by atoms with van der Waals surface area (Å²) in [6.07, 6.45) is 4.65. The number of aliphatic hydroxyl groups excluding tert-OH is 1. The highest BCUT2D eigenvalue weighted by molar-refractivity contribution is 5.78. The SMILES string of the molecule is CC(C)C(=O)N1CCCN(c2cc(N3CCCC3CO)ncn2)CC1. The fourth-order valence-electron chi connectivity index (χ4n) is 3.73. The molecular formula is C18H29N5O2. The van der Waals surface area contributed by atoms with E-state index in [2.05, 4.69) is 19.8 Å². The number of hydrogen-bond acceptors (Lipinski definition) is 6. The summed E-state index contributed by atoms with van der Waals surface area (Å²) in [5.41, 5.74) is 0. The van der Waals surface area contributed by atoms with E-state index in [1.54, 1.807) is 6.33 Å². The molecule has 1 aromatic heterocycles. The van der Waals surface area contributed by atoms with Gasteiger partial charge in [-0.3, -0.25) is 4.79 Å². The minimum absolute atomic E-state index is 0.0442. The van der Waals surface area contributed by atoms with Crippen LogP contribution in [0.5, 0.6) is 0 Å². The molecule has 1 atom stereocenters. The number of aromatic nitrogens is 2. The zero-order valence-corrected chi connectivity index (χ0v) is 15.3. The van der Waals surface area contributed by atoms with Crippen molar-refractivity contribution in [1.29, 1.82) is 0 Å². The number of nitrogens with zero attached hydrogens (tertiary/aromatic N) is 5. The predicted octanol–water partition coefficient (Wildman–Crippen LogP) is 1.13. The van der Waals surface area contributed by atoms with E-state index in [4.69, 9.17) is 0 Å². The van der Waals surface area contributed by atoms with Crippen LogP contribution in [0.2, 0.25) is 0 Å². The van der Waals surface area contributed by atoms with Crippen LogP contribution in [0.4, 0.5) is 11.6 Å². The number of hydrogen-bond donors (Lipinski definition) is 1. The minimum atomic E-state index is 0.0442. The molecule has 0 saturated carbocycles. The Bertz CT molecular complexity index is 595. The molecule has 0 aromatic carbocycles. The maximum absolute atomic E-state index is 12.2. The quantitative estimate of drug-likeness (QED) is 0.880. The van der Waals surface area contributed by atoms with Crippen LogP contribution in [0.15, 0.2) is 12.4 Å². The first-order chi connectivity index (χ1) is 12.1. The lowest BCUT2D eigenvalue weighted by Crippen LogP contribution is -2.37. The second-order valence-corrected chi connectivity index (χ2v) is 7.23. The molecule has 0 spiro atoms. The fraction of sp³-hybridized carbons (Fsp3) is 0.722. The van der Waals surface area contributed by atoms with Crippen LogP contribution in [0.25, 0.3) is 0 Å². The summed E-state index contributed by atoms with van der Waals surface area (Å²) >= 11 is 0. The zero-order chi connectivity index (χ0) is 17.8. The van der Waals surface area contributed by atoms with E-state index >= 15 is 0 Å². The van der Waals surface area contributed by atoms with Crippen LogP contribution in [0, 0.1) is 5.92 Å². The summed E-state index contributed by atoms with van der Waals surface area (Å²) in [6.45, 7) is 8.22. The van der Waals surface area contributed by atoms with Crippen molar-refractivity contribution in [3.8, 4) is 0 Å². The highest BCUT2D eigenvalue weighted by Gasteiger charge is 2.26. The second-order valence-electron chi connectivity index (χ2n) is 7.23. The third-order valence-corrected chi connectivity index (χ3v) is 5.15. The molecule has 3 rings (SSSR count). The molecule has 25 heavy (non-hydrogen) atoms. The van der Waals surface area contributed by atoms with Gasteiger partial charge in [0, 0.05) is 44.7 Å². The largest absolute Gasteiger partial charge is 0.394 e. The first kappa shape index (κ1) is 17.9. The maximum Gasteiger partial charge on any atom is 0.225 e. The Morgan fingerprint density at radius 1 is 1.16 bits per heavy atom. The van der Waals surface area contributed by atoms with Gasteiger partial charge in [0.1, 0.15) is 18.0 Å². The van der Waals surface area contributed by atoms with E-state index in [1.807, 2.05) is 24.8 Å². The van der Waals surface area contributed by atoms with Gasteiger partial charge < -0.3 is 19.8 Å². The number of aliphatic hydroxyl groups is 1. The highest BCUT2D eigenvalue weighted by atomic mass is 16.3. The molecular weight excluding hydrogens is 318 g/mol. The van der Waals surface area contributed by atoms with Gasteiger partial charge in [-0.05, 0) is 19.3 Å². The molecule has 7 heteroatoms. The second kappa shape index (κ2) is 7.99. The summed E-state index contributed by atoms with van der Waals surface area (Å²) in [6, 6.07) is 2.18. The van der Waals surface area contributed by atoms with Gasteiger partial charge in [-0.15, -0.1) is 0 Å². The van der Waals surface area contributed by atoms with E-state index in [0.717, 1.165) is 63.6 Å². The summed E-state index contributed by atoms with van der Waals surface area (Å²) in [7, 11) is 0. The van der Waals surface area contributed by atoms with Crippen molar-refractivity contribution in [3.63, 3.8) is 0 Å². The van der Waals surface area contributed by atoms with Gasteiger partial charge in [0.15, 0.2) is 0 Å². The Hall–Kier alpha value is -1.89. The number of amides is 1. The van der Waals surface area contributed by atoms with Gasteiger partial charge >= 0.3 is 0 Å². The number of carbonyl (C=O) groups is 1. The van der Waals surface area contributed by atoms with Crippen molar-refractivity contribution in [2.45, 2.75) is 39.2 Å². The van der Waals surface area contributed by atoms with E-state index in [9.17, 15) is 9.90 Å². The van der Waals surface area contributed by atoms with Crippen LogP contribution in [-0.4, -0.2) is 71.3 Å². The first-order valence-corrected chi connectivity index (χ1v) is 9.33. The molecule has 2 aliphatic heterocycles. The first-order valence-electron chi connectivity index (χ1n) is 9.33. The molecule has 138 valence electrons. The monoisotopic (exact) mass is 347 g/mol. The predicted molar refractivity (Wildman–Crippen MR) is 97.7 cm³/mol. The fourth-order valence-corrected chi connectivity index (χ4v) is 3.73. The molecule has 0 aliphatic carbocycles. The molecule has 2 saturated heterocycles. The summed E-state index contributed by atoms with van der Waals surface area (Å²) in [4.78, 5) is 27.5.